The number of nitrogens with zero attached hydrogens (tertiary/aromatic N) is 1. The highest BCUT2D eigenvalue weighted by Crippen LogP contribution is 2.32. The molecule has 3 rings (SSSR count). The third-order valence-corrected chi connectivity index (χ3v) is 5.37. The molecule has 2 aromatic rings. The van der Waals surface area contributed by atoms with Crippen LogP contribution in [0.25, 0.3) is 6.08 Å². The Morgan fingerprint density at radius 2 is 1.93 bits per heavy atom. The van der Waals surface area contributed by atoms with Crippen LogP contribution in [0, 0.1) is 0 Å². The van der Waals surface area contributed by atoms with E-state index in [4.69, 9.17) is 11.6 Å². The molecule has 1 aliphatic heterocycles. The number of halogens is 1. The predicted molar refractivity (Wildman–Crippen MR) is 113 cm³/mol. The molecule has 1 aliphatic rings. The maximum Gasteiger partial charge on any atom is 0.294 e. The smallest absolute Gasteiger partial charge is 0.294 e. The number of amides is 3. The van der Waals surface area contributed by atoms with Crippen LogP contribution in [0.2, 0.25) is 5.02 Å². The number of nitrogens with one attached hydrogen (secondary N) is 1. The molecule has 0 aromatic heterocycles. The van der Waals surface area contributed by atoms with Crippen molar-refractivity contribution in [1.82, 2.24) is 10.2 Å². The van der Waals surface area contributed by atoms with Crippen LogP contribution in [-0.4, -0.2) is 46.3 Å². The molecule has 8 heteroatoms. The SMILES string of the molecule is O=C(CN1C(=O)SC(=Cc2cccc(Cl)c2)C1=O)NC(CO)Cc1ccccc1. The Morgan fingerprint density at radius 1 is 1.17 bits per heavy atom. The number of carbonyl (C=O) groups is 3. The van der Waals surface area contributed by atoms with E-state index >= 15 is 0 Å². The first-order chi connectivity index (χ1) is 14.0. The van der Waals surface area contributed by atoms with Crippen molar-refractivity contribution < 1.29 is 19.5 Å². The van der Waals surface area contributed by atoms with Crippen molar-refractivity contribution in [2.45, 2.75) is 12.5 Å². The molecule has 3 amide bonds. The number of aliphatic hydroxyl groups excluding tert-OH is 1. The minimum atomic E-state index is -0.529. The van der Waals surface area contributed by atoms with Gasteiger partial charge in [0.2, 0.25) is 5.91 Å². The average Bonchev–Trinajstić information content (AvgIpc) is 2.95. The van der Waals surface area contributed by atoms with Crippen molar-refractivity contribution in [3.05, 3.63) is 75.7 Å². The van der Waals surface area contributed by atoms with Crippen LogP contribution in [0.5, 0.6) is 0 Å². The fourth-order valence-corrected chi connectivity index (χ4v) is 3.90. The van der Waals surface area contributed by atoms with Gasteiger partial charge in [0.25, 0.3) is 11.1 Å². The zero-order valence-corrected chi connectivity index (χ0v) is 16.9. The Labute approximate surface area is 177 Å². The number of aliphatic hydroxyl groups is 1. The molecule has 0 radical (unpaired) electrons. The average molecular weight is 431 g/mol. The van der Waals surface area contributed by atoms with Crippen LogP contribution in [0.3, 0.4) is 0 Å². The summed E-state index contributed by atoms with van der Waals surface area (Å²) in [6.07, 6.45) is 2.01. The third-order valence-electron chi connectivity index (χ3n) is 4.23. The summed E-state index contributed by atoms with van der Waals surface area (Å²) in [6, 6.07) is 15.8. The van der Waals surface area contributed by atoms with Gasteiger partial charge in [0.15, 0.2) is 0 Å². The normalized spacial score (nSPS) is 16.3. The fraction of sp³-hybridized carbons (Fsp3) is 0.190. The zero-order valence-electron chi connectivity index (χ0n) is 15.4. The van der Waals surface area contributed by atoms with E-state index in [1.165, 1.54) is 0 Å². The molecule has 0 bridgehead atoms. The van der Waals surface area contributed by atoms with Crippen molar-refractivity contribution in [3.8, 4) is 0 Å². The van der Waals surface area contributed by atoms with Gasteiger partial charge in [-0.25, -0.2) is 0 Å². The number of hydrogen-bond donors (Lipinski definition) is 2. The number of thioether (sulfide) groups is 1. The number of rotatable bonds is 7. The molecule has 0 aliphatic carbocycles. The van der Waals surface area contributed by atoms with Crippen molar-refractivity contribution >= 4 is 46.5 Å². The van der Waals surface area contributed by atoms with E-state index < -0.39 is 29.6 Å². The minimum Gasteiger partial charge on any atom is -0.394 e. The van der Waals surface area contributed by atoms with Crippen LogP contribution in [0.1, 0.15) is 11.1 Å². The molecular weight excluding hydrogens is 412 g/mol. The van der Waals surface area contributed by atoms with E-state index in [1.54, 1.807) is 30.3 Å². The molecular formula is C21H19ClN2O4S. The second-order valence-corrected chi connectivity index (χ2v) is 7.89. The van der Waals surface area contributed by atoms with E-state index in [2.05, 4.69) is 5.32 Å². The Kier molecular flexibility index (Phi) is 7.09. The van der Waals surface area contributed by atoms with Gasteiger partial charge in [0.1, 0.15) is 6.54 Å². The molecule has 6 nitrogen and oxygen atoms in total. The van der Waals surface area contributed by atoms with Crippen molar-refractivity contribution in [2.24, 2.45) is 0 Å². The van der Waals surface area contributed by atoms with Crippen molar-refractivity contribution in [1.29, 1.82) is 0 Å². The molecule has 1 atom stereocenters. The molecule has 1 saturated heterocycles. The lowest BCUT2D eigenvalue weighted by molar-refractivity contribution is -0.129. The van der Waals surface area contributed by atoms with Crippen LogP contribution >= 0.6 is 23.4 Å². The monoisotopic (exact) mass is 430 g/mol. The highest BCUT2D eigenvalue weighted by molar-refractivity contribution is 8.18. The zero-order chi connectivity index (χ0) is 20.8. The summed E-state index contributed by atoms with van der Waals surface area (Å²) in [5.41, 5.74) is 1.65. The van der Waals surface area contributed by atoms with Crippen LogP contribution in [0.4, 0.5) is 4.79 Å². The second kappa shape index (κ2) is 9.73. The van der Waals surface area contributed by atoms with E-state index in [-0.39, 0.29) is 11.5 Å². The van der Waals surface area contributed by atoms with E-state index in [0.717, 1.165) is 22.2 Å². The van der Waals surface area contributed by atoms with Gasteiger partial charge in [0.05, 0.1) is 17.6 Å². The van der Waals surface area contributed by atoms with E-state index in [9.17, 15) is 19.5 Å². The lowest BCUT2D eigenvalue weighted by Gasteiger charge is -2.18. The number of hydrogen-bond acceptors (Lipinski definition) is 5. The van der Waals surface area contributed by atoms with Gasteiger partial charge in [-0.2, -0.15) is 0 Å². The molecule has 1 unspecified atom stereocenters. The molecule has 1 heterocycles. The fourth-order valence-electron chi connectivity index (χ4n) is 2.86. The maximum absolute atomic E-state index is 12.5. The highest BCUT2D eigenvalue weighted by atomic mass is 35.5. The van der Waals surface area contributed by atoms with Gasteiger partial charge in [-0.1, -0.05) is 54.1 Å². The summed E-state index contributed by atoms with van der Waals surface area (Å²) in [5, 5.41) is 12.2. The topological polar surface area (TPSA) is 86.7 Å². The van der Waals surface area contributed by atoms with Gasteiger partial charge in [-0.3, -0.25) is 19.3 Å². The first kappa shape index (κ1) is 21.1. The van der Waals surface area contributed by atoms with Gasteiger partial charge in [-0.15, -0.1) is 0 Å². The predicted octanol–water partition coefficient (Wildman–Crippen LogP) is 3.10. The quantitative estimate of drug-likeness (QED) is 0.659. The molecule has 0 spiro atoms. The second-order valence-electron chi connectivity index (χ2n) is 6.46. The number of benzene rings is 2. The summed E-state index contributed by atoms with van der Waals surface area (Å²) < 4.78 is 0. The van der Waals surface area contributed by atoms with Gasteiger partial charge < -0.3 is 10.4 Å². The first-order valence-corrected chi connectivity index (χ1v) is 10.1. The summed E-state index contributed by atoms with van der Waals surface area (Å²) in [6.45, 7) is -0.653. The molecule has 2 N–H and O–H groups in total. The Bertz CT molecular complexity index is 949. The van der Waals surface area contributed by atoms with Crippen LogP contribution in [-0.2, 0) is 16.0 Å². The largest absolute Gasteiger partial charge is 0.394 e. The molecule has 0 saturated carbocycles. The maximum atomic E-state index is 12.5. The highest BCUT2D eigenvalue weighted by Gasteiger charge is 2.36. The standard InChI is InChI=1S/C21H19ClN2O4S/c22-16-8-4-7-15(9-16)11-18-20(27)24(21(28)29-18)12-19(26)23-17(13-25)10-14-5-2-1-3-6-14/h1-9,11,17,25H,10,12-13H2,(H,23,26). The summed E-state index contributed by atoms with van der Waals surface area (Å²) in [4.78, 5) is 38.2. The van der Waals surface area contributed by atoms with E-state index in [1.807, 2.05) is 30.3 Å². The molecule has 1 fully saturated rings. The van der Waals surface area contributed by atoms with E-state index in [0.29, 0.717) is 17.0 Å². The number of imide groups is 1. The summed E-state index contributed by atoms with van der Waals surface area (Å²) >= 11 is 6.72. The minimum absolute atomic E-state index is 0.230. The molecule has 29 heavy (non-hydrogen) atoms. The summed E-state index contributed by atoms with van der Waals surface area (Å²) in [5.74, 6) is -1.04. The third kappa shape index (κ3) is 5.69. The molecule has 2 aromatic carbocycles. The lowest BCUT2D eigenvalue weighted by atomic mass is 10.1. The van der Waals surface area contributed by atoms with Gasteiger partial charge in [0, 0.05) is 5.02 Å². The Hall–Kier alpha value is -2.61. The van der Waals surface area contributed by atoms with Gasteiger partial charge >= 0.3 is 0 Å². The van der Waals surface area contributed by atoms with Crippen molar-refractivity contribution in [2.75, 3.05) is 13.2 Å². The number of carbonyl (C=O) groups excluding carboxylic acids is 3. The van der Waals surface area contributed by atoms with Crippen molar-refractivity contribution in [3.63, 3.8) is 0 Å². The lowest BCUT2D eigenvalue weighted by Crippen LogP contribution is -2.45. The van der Waals surface area contributed by atoms with Gasteiger partial charge in [-0.05, 0) is 47.5 Å². The van der Waals surface area contributed by atoms with Crippen LogP contribution in [0.15, 0.2) is 59.5 Å². The Balaban J connectivity index is 1.62. The molecule has 150 valence electrons. The summed E-state index contributed by atoms with van der Waals surface area (Å²) in [7, 11) is 0. The first-order valence-electron chi connectivity index (χ1n) is 8.91. The Morgan fingerprint density at radius 3 is 2.62 bits per heavy atom. The van der Waals surface area contributed by atoms with Crippen LogP contribution < -0.4 is 5.32 Å².